The second-order valence-electron chi connectivity index (χ2n) is 2.29. The number of carbonyl (C=O) groups excluding carboxylic acids is 1. The maximum absolute atomic E-state index is 8.89. The number of carboxylic acid groups (broad SMARTS) is 1. The van der Waals surface area contributed by atoms with E-state index < -0.39 is 5.97 Å². The van der Waals surface area contributed by atoms with E-state index in [2.05, 4.69) is 35.0 Å². The van der Waals surface area contributed by atoms with E-state index in [-0.39, 0.29) is 0 Å². The third-order valence-electron chi connectivity index (χ3n) is 0.980. The fraction of sp³-hybridized carbons (Fsp3) is 0.222. The molecule has 0 N–H and O–H groups in total. The topological polar surface area (TPSA) is 40.1 Å². The smallest absolute Gasteiger partial charge is 0.0383 e. The Bertz CT molecular complexity index is 237. The fourth-order valence-electron chi connectivity index (χ4n) is 0.606. The lowest BCUT2D eigenvalue weighted by Gasteiger charge is -1.89. The van der Waals surface area contributed by atoms with E-state index >= 15 is 0 Å². The van der Waals surface area contributed by atoms with Crippen LogP contribution in [0.2, 0.25) is 0 Å². The van der Waals surface area contributed by atoms with E-state index in [1.165, 1.54) is 5.56 Å². The first kappa shape index (κ1) is 11.2. The molecule has 0 heterocycles. The molecule has 0 bridgehead atoms. The number of aryl methyl sites for hydroxylation is 1. The highest BCUT2D eigenvalue weighted by molar-refractivity contribution is 9.10. The van der Waals surface area contributed by atoms with Crippen LogP contribution in [0, 0.1) is 6.92 Å². The molecule has 1 aromatic carbocycles. The molecule has 66 valence electrons. The molecule has 0 spiro atoms. The molecule has 0 saturated heterocycles. The van der Waals surface area contributed by atoms with Crippen molar-refractivity contribution < 1.29 is 9.90 Å². The summed E-state index contributed by atoms with van der Waals surface area (Å²) in [5.74, 6) is -1.08. The van der Waals surface area contributed by atoms with Gasteiger partial charge in [-0.2, -0.15) is 0 Å². The zero-order valence-corrected chi connectivity index (χ0v) is 8.59. The quantitative estimate of drug-likeness (QED) is 0.677. The van der Waals surface area contributed by atoms with E-state index in [9.17, 15) is 0 Å². The molecule has 0 atom stereocenters. The van der Waals surface area contributed by atoms with Crippen molar-refractivity contribution in [1.82, 2.24) is 0 Å². The van der Waals surface area contributed by atoms with Crippen LogP contribution in [0.3, 0.4) is 0 Å². The molecule has 0 amide bonds. The van der Waals surface area contributed by atoms with Crippen molar-refractivity contribution >= 4 is 21.9 Å². The summed E-state index contributed by atoms with van der Waals surface area (Å²) in [5, 5.41) is 8.89. The number of carboxylic acids is 1. The molecular formula is C9H10BrO2-. The summed E-state index contributed by atoms with van der Waals surface area (Å²) in [4.78, 5) is 8.89. The van der Waals surface area contributed by atoms with Gasteiger partial charge >= 0.3 is 0 Å². The Hall–Kier alpha value is -0.830. The molecule has 3 heteroatoms. The summed E-state index contributed by atoms with van der Waals surface area (Å²) in [5.41, 5.74) is 1.29. The van der Waals surface area contributed by atoms with E-state index in [4.69, 9.17) is 9.90 Å². The molecule has 0 fully saturated rings. The van der Waals surface area contributed by atoms with Crippen molar-refractivity contribution in [2.45, 2.75) is 13.8 Å². The van der Waals surface area contributed by atoms with Gasteiger partial charge in [0.15, 0.2) is 0 Å². The van der Waals surface area contributed by atoms with Crippen molar-refractivity contribution in [3.63, 3.8) is 0 Å². The Morgan fingerprint density at radius 1 is 1.50 bits per heavy atom. The number of carbonyl (C=O) groups is 1. The van der Waals surface area contributed by atoms with Crippen molar-refractivity contribution in [3.8, 4) is 0 Å². The van der Waals surface area contributed by atoms with Gasteiger partial charge in [0.05, 0.1) is 0 Å². The largest absolute Gasteiger partial charge is 0.550 e. The minimum Gasteiger partial charge on any atom is -0.550 e. The molecule has 0 aliphatic rings. The minimum atomic E-state index is -1.08. The van der Waals surface area contributed by atoms with Crippen LogP contribution in [0.25, 0.3) is 0 Å². The number of halogens is 1. The third-order valence-corrected chi connectivity index (χ3v) is 1.47. The first-order chi connectivity index (χ1) is 5.52. The van der Waals surface area contributed by atoms with Gasteiger partial charge in [0.1, 0.15) is 0 Å². The van der Waals surface area contributed by atoms with Gasteiger partial charge in [-0.05, 0) is 26.0 Å². The van der Waals surface area contributed by atoms with E-state index in [0.717, 1.165) is 11.4 Å². The van der Waals surface area contributed by atoms with Crippen LogP contribution in [0.4, 0.5) is 0 Å². The molecule has 0 saturated carbocycles. The molecule has 2 nitrogen and oxygen atoms in total. The normalized spacial score (nSPS) is 8.25. The predicted octanol–water partition coefficient (Wildman–Crippen LogP) is 1.51. The summed E-state index contributed by atoms with van der Waals surface area (Å²) < 4.78 is 1.15. The van der Waals surface area contributed by atoms with Crippen LogP contribution in [-0.2, 0) is 4.79 Å². The third kappa shape index (κ3) is 7.28. The Kier molecular flexibility index (Phi) is 5.37. The summed E-state index contributed by atoms with van der Waals surface area (Å²) in [7, 11) is 0. The monoisotopic (exact) mass is 229 g/mol. The molecule has 0 aliphatic carbocycles. The molecule has 1 rings (SSSR count). The average Bonchev–Trinajstić information content (AvgIpc) is 1.84. The fourth-order valence-corrected chi connectivity index (χ4v) is 1.12. The zero-order chi connectivity index (χ0) is 9.56. The van der Waals surface area contributed by atoms with E-state index in [1.54, 1.807) is 0 Å². The lowest BCUT2D eigenvalue weighted by atomic mass is 10.2. The Labute approximate surface area is 80.4 Å². The van der Waals surface area contributed by atoms with Crippen LogP contribution in [0.1, 0.15) is 12.5 Å². The van der Waals surface area contributed by atoms with E-state index in [1.807, 2.05) is 12.1 Å². The van der Waals surface area contributed by atoms with Crippen LogP contribution in [-0.4, -0.2) is 5.97 Å². The highest BCUT2D eigenvalue weighted by Crippen LogP contribution is 2.09. The second kappa shape index (κ2) is 5.77. The summed E-state index contributed by atoms with van der Waals surface area (Å²) >= 11 is 3.36. The summed E-state index contributed by atoms with van der Waals surface area (Å²) in [6, 6.07) is 8.21. The maximum Gasteiger partial charge on any atom is 0.0383 e. The molecule has 1 aromatic rings. The van der Waals surface area contributed by atoms with Gasteiger partial charge < -0.3 is 9.90 Å². The Morgan fingerprint density at radius 3 is 2.25 bits per heavy atom. The molecule has 0 radical (unpaired) electrons. The SMILES string of the molecule is CC(=O)[O-].Cc1cccc(Br)c1. The van der Waals surface area contributed by atoms with Crippen LogP contribution >= 0.6 is 15.9 Å². The van der Waals surface area contributed by atoms with Crippen molar-refractivity contribution in [2.24, 2.45) is 0 Å². The number of aliphatic carboxylic acids is 1. The molecule has 0 aliphatic heterocycles. The predicted molar refractivity (Wildman–Crippen MR) is 49.6 cm³/mol. The first-order valence-electron chi connectivity index (χ1n) is 3.42. The van der Waals surface area contributed by atoms with Gasteiger partial charge in [0.2, 0.25) is 0 Å². The highest BCUT2D eigenvalue weighted by Gasteiger charge is 1.82. The average molecular weight is 230 g/mol. The highest BCUT2D eigenvalue weighted by atomic mass is 79.9. The summed E-state index contributed by atoms with van der Waals surface area (Å²) in [6.45, 7) is 3.05. The van der Waals surface area contributed by atoms with Crippen LogP contribution in [0.15, 0.2) is 28.7 Å². The lowest BCUT2D eigenvalue weighted by molar-refractivity contribution is -0.302. The zero-order valence-electron chi connectivity index (χ0n) is 7.00. The van der Waals surface area contributed by atoms with Gasteiger partial charge in [-0.15, -0.1) is 0 Å². The van der Waals surface area contributed by atoms with Crippen molar-refractivity contribution in [1.29, 1.82) is 0 Å². The van der Waals surface area contributed by atoms with Gasteiger partial charge in [0, 0.05) is 10.4 Å². The molecular weight excluding hydrogens is 220 g/mol. The first-order valence-corrected chi connectivity index (χ1v) is 4.21. The van der Waals surface area contributed by atoms with Crippen LogP contribution < -0.4 is 5.11 Å². The molecule has 12 heavy (non-hydrogen) atoms. The van der Waals surface area contributed by atoms with Crippen molar-refractivity contribution in [3.05, 3.63) is 34.3 Å². The van der Waals surface area contributed by atoms with Crippen LogP contribution in [0.5, 0.6) is 0 Å². The Morgan fingerprint density at radius 2 is 2.00 bits per heavy atom. The van der Waals surface area contributed by atoms with Gasteiger partial charge in [-0.3, -0.25) is 0 Å². The molecule has 0 unspecified atom stereocenters. The van der Waals surface area contributed by atoms with Crippen molar-refractivity contribution in [2.75, 3.05) is 0 Å². The standard InChI is InChI=1S/C7H7Br.C2H4O2/c1-6-3-2-4-7(8)5-6;1-2(3)4/h2-5H,1H3;1H3,(H,3,4)/p-1. The number of hydrogen-bond acceptors (Lipinski definition) is 2. The van der Waals surface area contributed by atoms with Gasteiger partial charge in [-0.1, -0.05) is 33.6 Å². The minimum absolute atomic E-state index is 0.972. The van der Waals surface area contributed by atoms with E-state index in [0.29, 0.717) is 0 Å². The number of benzene rings is 1. The Balaban J connectivity index is 0.000000261. The molecule has 0 aromatic heterocycles. The maximum atomic E-state index is 8.89. The lowest BCUT2D eigenvalue weighted by Crippen LogP contribution is -2.16. The number of hydrogen-bond donors (Lipinski definition) is 0. The van der Waals surface area contributed by atoms with Gasteiger partial charge in [-0.25, -0.2) is 0 Å². The second-order valence-corrected chi connectivity index (χ2v) is 3.21. The summed E-state index contributed by atoms with van der Waals surface area (Å²) in [6.07, 6.45) is 0. The van der Waals surface area contributed by atoms with Gasteiger partial charge in [0.25, 0.3) is 0 Å². The number of rotatable bonds is 0.